The average Bonchev–Trinajstić information content (AvgIpc) is 2.60. The Bertz CT molecular complexity index is 801. The second-order valence-electron chi connectivity index (χ2n) is 5.21. The molecule has 6 nitrogen and oxygen atoms in total. The van der Waals surface area contributed by atoms with Gasteiger partial charge in [0.25, 0.3) is 0 Å². The van der Waals surface area contributed by atoms with Crippen molar-refractivity contribution in [3.05, 3.63) is 60.7 Å². The molecule has 23 heavy (non-hydrogen) atoms. The lowest BCUT2D eigenvalue weighted by Gasteiger charge is -2.19. The maximum atomic E-state index is 12.1. The Morgan fingerprint density at radius 3 is 2.87 bits per heavy atom. The molecule has 0 aliphatic rings. The fourth-order valence-electron chi connectivity index (χ4n) is 2.34. The van der Waals surface area contributed by atoms with Gasteiger partial charge in [0.2, 0.25) is 5.91 Å². The number of hydrogen-bond donors (Lipinski definition) is 1. The number of amides is 1. The van der Waals surface area contributed by atoms with E-state index in [-0.39, 0.29) is 12.5 Å². The molecule has 0 bridgehead atoms. The summed E-state index contributed by atoms with van der Waals surface area (Å²) in [7, 11) is 1.85. The fourth-order valence-corrected chi connectivity index (χ4v) is 2.34. The fraction of sp³-hybridized carbons (Fsp3) is 0.176. The number of para-hydroxylation sites is 1. The van der Waals surface area contributed by atoms with Crippen molar-refractivity contribution in [2.45, 2.75) is 6.54 Å². The van der Waals surface area contributed by atoms with Crippen molar-refractivity contribution in [2.75, 3.05) is 18.5 Å². The van der Waals surface area contributed by atoms with Crippen LogP contribution in [-0.2, 0) is 11.3 Å². The standard InChI is InChI=1S/C17H17N5O/c1-22(11-16(23)19-10-13-5-4-8-18-9-13)17-14-6-2-3-7-15(14)20-12-21-17/h2-9,12H,10-11H2,1H3,(H,19,23). The molecule has 0 unspecified atom stereocenters. The first kappa shape index (κ1) is 14.9. The van der Waals surface area contributed by atoms with Crippen molar-refractivity contribution in [2.24, 2.45) is 0 Å². The number of nitrogens with one attached hydrogen (secondary N) is 1. The molecule has 0 radical (unpaired) electrons. The zero-order valence-corrected chi connectivity index (χ0v) is 12.8. The second kappa shape index (κ2) is 6.83. The van der Waals surface area contributed by atoms with E-state index >= 15 is 0 Å². The SMILES string of the molecule is CN(CC(=O)NCc1cccnc1)c1ncnc2ccccc12. The lowest BCUT2D eigenvalue weighted by Crippen LogP contribution is -2.35. The maximum Gasteiger partial charge on any atom is 0.239 e. The number of pyridine rings is 1. The third-order valence-corrected chi connectivity index (χ3v) is 3.48. The van der Waals surface area contributed by atoms with Crippen LogP contribution in [0, 0.1) is 0 Å². The van der Waals surface area contributed by atoms with E-state index in [9.17, 15) is 4.79 Å². The van der Waals surface area contributed by atoms with Crippen LogP contribution >= 0.6 is 0 Å². The quantitative estimate of drug-likeness (QED) is 0.778. The first-order valence-corrected chi connectivity index (χ1v) is 7.30. The van der Waals surface area contributed by atoms with Crippen LogP contribution in [0.5, 0.6) is 0 Å². The number of rotatable bonds is 5. The predicted molar refractivity (Wildman–Crippen MR) is 88.9 cm³/mol. The third kappa shape index (κ3) is 3.60. The molecule has 1 aromatic carbocycles. The molecule has 0 spiro atoms. The highest BCUT2D eigenvalue weighted by Gasteiger charge is 2.11. The van der Waals surface area contributed by atoms with Crippen LogP contribution in [0.2, 0.25) is 0 Å². The number of aromatic nitrogens is 3. The van der Waals surface area contributed by atoms with Crippen molar-refractivity contribution in [3.8, 4) is 0 Å². The van der Waals surface area contributed by atoms with Gasteiger partial charge in [-0.3, -0.25) is 9.78 Å². The highest BCUT2D eigenvalue weighted by molar-refractivity contribution is 5.91. The Morgan fingerprint density at radius 1 is 1.17 bits per heavy atom. The van der Waals surface area contributed by atoms with Crippen LogP contribution in [0.1, 0.15) is 5.56 Å². The third-order valence-electron chi connectivity index (χ3n) is 3.48. The Labute approximate surface area is 134 Å². The van der Waals surface area contributed by atoms with Gasteiger partial charge in [-0.15, -0.1) is 0 Å². The van der Waals surface area contributed by atoms with E-state index < -0.39 is 0 Å². The Balaban J connectivity index is 1.66. The van der Waals surface area contributed by atoms with E-state index in [1.165, 1.54) is 6.33 Å². The maximum absolute atomic E-state index is 12.1. The zero-order valence-electron chi connectivity index (χ0n) is 12.8. The van der Waals surface area contributed by atoms with Crippen LogP contribution in [0.3, 0.4) is 0 Å². The van der Waals surface area contributed by atoms with Gasteiger partial charge in [0, 0.05) is 31.4 Å². The zero-order chi connectivity index (χ0) is 16.1. The minimum atomic E-state index is -0.0703. The van der Waals surface area contributed by atoms with Gasteiger partial charge in [0.1, 0.15) is 12.1 Å². The number of benzene rings is 1. The second-order valence-corrected chi connectivity index (χ2v) is 5.21. The molecule has 3 rings (SSSR count). The Hall–Kier alpha value is -3.02. The number of carbonyl (C=O) groups is 1. The number of fused-ring (bicyclic) bond motifs is 1. The average molecular weight is 307 g/mol. The van der Waals surface area contributed by atoms with Crippen molar-refractivity contribution in [1.82, 2.24) is 20.3 Å². The Kier molecular flexibility index (Phi) is 4.42. The molecule has 116 valence electrons. The molecule has 3 aromatic rings. The lowest BCUT2D eigenvalue weighted by molar-refractivity contribution is -0.119. The van der Waals surface area contributed by atoms with E-state index in [4.69, 9.17) is 0 Å². The molecular formula is C17H17N5O. The lowest BCUT2D eigenvalue weighted by atomic mass is 10.2. The van der Waals surface area contributed by atoms with Crippen molar-refractivity contribution in [3.63, 3.8) is 0 Å². The van der Waals surface area contributed by atoms with Crippen LogP contribution in [-0.4, -0.2) is 34.5 Å². The van der Waals surface area contributed by atoms with E-state index in [2.05, 4.69) is 20.3 Å². The molecule has 0 saturated carbocycles. The summed E-state index contributed by atoms with van der Waals surface area (Å²) in [5.41, 5.74) is 1.83. The topological polar surface area (TPSA) is 71.0 Å². The monoisotopic (exact) mass is 307 g/mol. The van der Waals surface area contributed by atoms with Crippen molar-refractivity contribution < 1.29 is 4.79 Å². The highest BCUT2D eigenvalue weighted by atomic mass is 16.2. The molecule has 6 heteroatoms. The largest absolute Gasteiger partial charge is 0.350 e. The van der Waals surface area contributed by atoms with Gasteiger partial charge in [0.15, 0.2) is 0 Å². The van der Waals surface area contributed by atoms with Gasteiger partial charge in [-0.05, 0) is 23.8 Å². The van der Waals surface area contributed by atoms with E-state index in [1.54, 1.807) is 12.4 Å². The summed E-state index contributed by atoms with van der Waals surface area (Å²) < 4.78 is 0. The van der Waals surface area contributed by atoms with E-state index in [0.717, 1.165) is 22.3 Å². The Morgan fingerprint density at radius 2 is 2.04 bits per heavy atom. The van der Waals surface area contributed by atoms with Crippen molar-refractivity contribution >= 4 is 22.6 Å². The van der Waals surface area contributed by atoms with Crippen LogP contribution in [0.15, 0.2) is 55.1 Å². The van der Waals surface area contributed by atoms with Crippen LogP contribution < -0.4 is 10.2 Å². The first-order chi connectivity index (χ1) is 11.2. The van der Waals surface area contributed by atoms with Gasteiger partial charge in [0.05, 0.1) is 12.1 Å². The molecule has 2 aromatic heterocycles. The minimum Gasteiger partial charge on any atom is -0.350 e. The molecule has 0 atom stereocenters. The summed E-state index contributed by atoms with van der Waals surface area (Å²) in [6.45, 7) is 0.687. The smallest absolute Gasteiger partial charge is 0.239 e. The summed E-state index contributed by atoms with van der Waals surface area (Å²) in [5.74, 6) is 0.672. The van der Waals surface area contributed by atoms with Crippen LogP contribution in [0.4, 0.5) is 5.82 Å². The van der Waals surface area contributed by atoms with Gasteiger partial charge in [-0.25, -0.2) is 9.97 Å². The molecule has 2 heterocycles. The van der Waals surface area contributed by atoms with Gasteiger partial charge in [-0.2, -0.15) is 0 Å². The number of hydrogen-bond acceptors (Lipinski definition) is 5. The molecule has 0 aliphatic carbocycles. The van der Waals surface area contributed by atoms with Crippen molar-refractivity contribution in [1.29, 1.82) is 0 Å². The van der Waals surface area contributed by atoms with Gasteiger partial charge in [-0.1, -0.05) is 18.2 Å². The summed E-state index contributed by atoms with van der Waals surface area (Å²) in [5, 5.41) is 3.81. The molecule has 0 fully saturated rings. The number of carbonyl (C=O) groups excluding carboxylic acids is 1. The summed E-state index contributed by atoms with van der Waals surface area (Å²) in [4.78, 5) is 26.5. The summed E-state index contributed by atoms with van der Waals surface area (Å²) >= 11 is 0. The normalized spacial score (nSPS) is 10.5. The molecular weight excluding hydrogens is 290 g/mol. The number of anilines is 1. The molecule has 0 aliphatic heterocycles. The molecule has 0 saturated heterocycles. The summed E-state index contributed by atoms with van der Waals surface area (Å²) in [6.07, 6.45) is 4.96. The highest BCUT2D eigenvalue weighted by Crippen LogP contribution is 2.20. The number of likely N-dealkylation sites (N-methyl/N-ethyl adjacent to an activating group) is 1. The molecule has 1 N–H and O–H groups in total. The van der Waals surface area contributed by atoms with E-state index in [0.29, 0.717) is 6.54 Å². The van der Waals surface area contributed by atoms with Crippen LogP contribution in [0.25, 0.3) is 10.9 Å². The minimum absolute atomic E-state index is 0.0703. The first-order valence-electron chi connectivity index (χ1n) is 7.30. The number of nitrogens with zero attached hydrogens (tertiary/aromatic N) is 4. The predicted octanol–water partition coefficient (Wildman–Crippen LogP) is 1.78. The summed E-state index contributed by atoms with van der Waals surface area (Å²) in [6, 6.07) is 11.5. The van der Waals surface area contributed by atoms with Gasteiger partial charge < -0.3 is 10.2 Å². The van der Waals surface area contributed by atoms with Gasteiger partial charge >= 0.3 is 0 Å². The molecule has 1 amide bonds. The van der Waals surface area contributed by atoms with E-state index in [1.807, 2.05) is 48.3 Å².